The van der Waals surface area contributed by atoms with Crippen molar-refractivity contribution in [2.24, 2.45) is 17.9 Å². The van der Waals surface area contributed by atoms with E-state index in [1.807, 2.05) is 0 Å². The van der Waals surface area contributed by atoms with Gasteiger partial charge in [0.1, 0.15) is 5.82 Å². The topological polar surface area (TPSA) is 118 Å². The maximum atomic E-state index is 12.2. The lowest BCUT2D eigenvalue weighted by Gasteiger charge is -2.09. The molecule has 2 aromatic heterocycles. The highest BCUT2D eigenvalue weighted by atomic mass is 16.4. The molecule has 0 aliphatic heterocycles. The van der Waals surface area contributed by atoms with Gasteiger partial charge in [0.15, 0.2) is 5.84 Å². The summed E-state index contributed by atoms with van der Waals surface area (Å²) in [6, 6.07) is 3.34. The van der Waals surface area contributed by atoms with Gasteiger partial charge in [-0.2, -0.15) is 5.10 Å². The van der Waals surface area contributed by atoms with Gasteiger partial charge in [-0.25, -0.2) is 0 Å². The molecule has 2 heterocycles. The third-order valence-electron chi connectivity index (χ3n) is 2.81. The fraction of sp³-hybridized carbons (Fsp3) is 0.167. The maximum Gasteiger partial charge on any atom is 0.258 e. The molecule has 0 unspecified atom stereocenters. The molecule has 104 valence electrons. The van der Waals surface area contributed by atoms with Crippen LogP contribution in [-0.2, 0) is 7.05 Å². The number of amidine groups is 1. The zero-order chi connectivity index (χ0) is 14.7. The van der Waals surface area contributed by atoms with Crippen LogP contribution >= 0.6 is 0 Å². The van der Waals surface area contributed by atoms with E-state index in [2.05, 4.69) is 20.6 Å². The van der Waals surface area contributed by atoms with E-state index in [0.717, 1.165) is 0 Å². The average Bonchev–Trinajstić information content (AvgIpc) is 2.80. The van der Waals surface area contributed by atoms with Crippen molar-refractivity contribution in [3.8, 4) is 0 Å². The molecule has 0 fully saturated rings. The third-order valence-corrected chi connectivity index (χ3v) is 2.81. The van der Waals surface area contributed by atoms with Crippen LogP contribution in [0.2, 0.25) is 0 Å². The Hall–Kier alpha value is -2.90. The van der Waals surface area contributed by atoms with E-state index in [1.165, 1.54) is 10.9 Å². The van der Waals surface area contributed by atoms with Crippen LogP contribution in [0.25, 0.3) is 0 Å². The minimum atomic E-state index is -0.341. The third kappa shape index (κ3) is 2.44. The molecule has 1 amide bonds. The molecule has 0 atom stereocenters. The molecule has 2 rings (SSSR count). The minimum absolute atomic E-state index is 0.128. The molecule has 0 spiro atoms. The first kappa shape index (κ1) is 13.5. The summed E-state index contributed by atoms with van der Waals surface area (Å²) in [6.45, 7) is 1.74. The van der Waals surface area contributed by atoms with E-state index in [1.54, 1.807) is 32.3 Å². The molecule has 2 aromatic rings. The zero-order valence-electron chi connectivity index (χ0n) is 11.0. The number of oxime groups is 1. The second-order valence-corrected chi connectivity index (χ2v) is 4.11. The van der Waals surface area contributed by atoms with Crippen LogP contribution in [0.1, 0.15) is 21.6 Å². The van der Waals surface area contributed by atoms with Gasteiger partial charge >= 0.3 is 0 Å². The number of nitrogens with two attached hydrogens (primary N) is 1. The number of aromatic nitrogens is 3. The number of pyridine rings is 1. The fourth-order valence-electron chi connectivity index (χ4n) is 1.73. The minimum Gasteiger partial charge on any atom is -0.409 e. The molecular weight excluding hydrogens is 260 g/mol. The number of nitrogens with zero attached hydrogens (tertiary/aromatic N) is 4. The molecule has 8 nitrogen and oxygen atoms in total. The smallest absolute Gasteiger partial charge is 0.258 e. The van der Waals surface area contributed by atoms with Gasteiger partial charge in [-0.05, 0) is 19.1 Å². The van der Waals surface area contributed by atoms with Gasteiger partial charge in [-0.1, -0.05) is 5.16 Å². The molecule has 4 N–H and O–H groups in total. The molecule has 0 aromatic carbocycles. The fourth-order valence-corrected chi connectivity index (χ4v) is 1.73. The van der Waals surface area contributed by atoms with Gasteiger partial charge in [0.25, 0.3) is 5.91 Å². The molecular formula is C12H14N6O2. The number of nitrogens with one attached hydrogen (secondary N) is 1. The highest BCUT2D eigenvalue weighted by molar-refractivity contribution is 6.09. The number of carbonyl (C=O) groups is 1. The van der Waals surface area contributed by atoms with E-state index in [-0.39, 0.29) is 11.7 Å². The molecule has 20 heavy (non-hydrogen) atoms. The lowest BCUT2D eigenvalue weighted by Crippen LogP contribution is -2.20. The summed E-state index contributed by atoms with van der Waals surface area (Å²) in [6.07, 6.45) is 3.01. The van der Waals surface area contributed by atoms with E-state index in [4.69, 9.17) is 10.9 Å². The van der Waals surface area contributed by atoms with E-state index in [0.29, 0.717) is 22.6 Å². The van der Waals surface area contributed by atoms with Crippen LogP contribution in [0.3, 0.4) is 0 Å². The predicted molar refractivity (Wildman–Crippen MR) is 72.6 cm³/mol. The quantitative estimate of drug-likeness (QED) is 0.325. The predicted octanol–water partition coefficient (Wildman–Crippen LogP) is 0.470. The Labute approximate surface area is 114 Å². The zero-order valence-corrected chi connectivity index (χ0v) is 11.0. The summed E-state index contributed by atoms with van der Waals surface area (Å²) >= 11 is 0. The Morgan fingerprint density at radius 2 is 2.25 bits per heavy atom. The van der Waals surface area contributed by atoms with Crippen molar-refractivity contribution >= 4 is 17.6 Å². The lowest BCUT2D eigenvalue weighted by molar-refractivity contribution is 0.102. The van der Waals surface area contributed by atoms with Gasteiger partial charge in [0.05, 0.1) is 17.3 Å². The van der Waals surface area contributed by atoms with E-state index in [9.17, 15) is 4.79 Å². The summed E-state index contributed by atoms with van der Waals surface area (Å²) in [5.74, 6) is -0.129. The van der Waals surface area contributed by atoms with Crippen LogP contribution in [-0.4, -0.2) is 31.7 Å². The normalized spacial score (nSPS) is 11.4. The molecule has 0 saturated heterocycles. The average molecular weight is 274 g/mol. The van der Waals surface area contributed by atoms with Gasteiger partial charge in [-0.15, -0.1) is 0 Å². The van der Waals surface area contributed by atoms with Crippen LogP contribution < -0.4 is 11.1 Å². The Morgan fingerprint density at radius 1 is 1.50 bits per heavy atom. The van der Waals surface area contributed by atoms with Crippen LogP contribution in [0.15, 0.2) is 29.7 Å². The highest BCUT2D eigenvalue weighted by Gasteiger charge is 2.17. The van der Waals surface area contributed by atoms with Crippen LogP contribution in [0.5, 0.6) is 0 Å². The summed E-state index contributed by atoms with van der Waals surface area (Å²) in [5, 5.41) is 18.3. The van der Waals surface area contributed by atoms with Crippen molar-refractivity contribution < 1.29 is 10.0 Å². The van der Waals surface area contributed by atoms with E-state index < -0.39 is 0 Å². The van der Waals surface area contributed by atoms with Crippen molar-refractivity contribution in [1.29, 1.82) is 0 Å². The second kappa shape index (κ2) is 5.39. The molecule has 0 aliphatic carbocycles. The molecule has 0 saturated carbocycles. The number of carbonyl (C=O) groups excluding carboxylic acids is 1. The van der Waals surface area contributed by atoms with Gasteiger partial charge < -0.3 is 16.3 Å². The monoisotopic (exact) mass is 274 g/mol. The number of anilines is 1. The van der Waals surface area contributed by atoms with Crippen molar-refractivity contribution in [2.75, 3.05) is 5.32 Å². The van der Waals surface area contributed by atoms with Crippen LogP contribution in [0.4, 0.5) is 5.82 Å². The first-order valence-electron chi connectivity index (χ1n) is 5.77. The van der Waals surface area contributed by atoms with Crippen molar-refractivity contribution in [2.45, 2.75) is 6.92 Å². The Morgan fingerprint density at radius 3 is 2.90 bits per heavy atom. The molecule has 0 radical (unpaired) electrons. The number of aryl methyl sites for hydroxylation is 2. The van der Waals surface area contributed by atoms with Crippen LogP contribution in [0, 0.1) is 6.92 Å². The molecule has 0 bridgehead atoms. The summed E-state index contributed by atoms with van der Waals surface area (Å²) in [5.41, 5.74) is 6.93. The summed E-state index contributed by atoms with van der Waals surface area (Å²) in [4.78, 5) is 16.3. The summed E-state index contributed by atoms with van der Waals surface area (Å²) < 4.78 is 1.43. The number of hydrogen-bond donors (Lipinski definition) is 3. The van der Waals surface area contributed by atoms with E-state index >= 15 is 0 Å². The first-order valence-corrected chi connectivity index (χ1v) is 5.77. The largest absolute Gasteiger partial charge is 0.409 e. The highest BCUT2D eigenvalue weighted by Crippen LogP contribution is 2.15. The van der Waals surface area contributed by atoms with Crippen molar-refractivity contribution in [3.05, 3.63) is 41.3 Å². The molecule has 8 heteroatoms. The Kier molecular flexibility index (Phi) is 3.65. The molecule has 0 aliphatic rings. The number of rotatable bonds is 3. The van der Waals surface area contributed by atoms with Crippen molar-refractivity contribution in [3.63, 3.8) is 0 Å². The second-order valence-electron chi connectivity index (χ2n) is 4.11. The number of amides is 1. The Balaban J connectivity index is 2.34. The standard InChI is InChI=1S/C12H14N6O2/c1-7-8(4-3-5-14-7)12(19)16-11-9(10(13)17-20)6-15-18(11)2/h3-6,20H,1-2H3,(H2,13,17)(H,16,19). The van der Waals surface area contributed by atoms with Crippen molar-refractivity contribution in [1.82, 2.24) is 14.8 Å². The number of hydrogen-bond acceptors (Lipinski definition) is 5. The first-order chi connectivity index (χ1) is 9.54. The maximum absolute atomic E-state index is 12.2. The van der Waals surface area contributed by atoms with Gasteiger partial charge in [0.2, 0.25) is 0 Å². The van der Waals surface area contributed by atoms with Gasteiger partial charge in [-0.3, -0.25) is 14.5 Å². The summed E-state index contributed by atoms with van der Waals surface area (Å²) in [7, 11) is 1.64. The van der Waals surface area contributed by atoms with Gasteiger partial charge in [0, 0.05) is 18.9 Å². The lowest BCUT2D eigenvalue weighted by atomic mass is 10.2. The Bertz CT molecular complexity index is 676. The SMILES string of the molecule is Cc1ncccc1C(=O)Nc1c(/C(N)=N/O)cnn1C.